The normalized spacial score (nSPS) is 9.50. The lowest BCUT2D eigenvalue weighted by Gasteiger charge is -1.98. The number of carbonyl (C=O) groups is 1. The molecular formula is C9H12NO2+. The summed E-state index contributed by atoms with van der Waals surface area (Å²) < 4.78 is 6.78. The number of rotatable bonds is 2. The van der Waals surface area contributed by atoms with Crippen LogP contribution in [0.25, 0.3) is 0 Å². The number of aryl methyl sites for hydroxylation is 1. The fourth-order valence-electron chi connectivity index (χ4n) is 0.803. The van der Waals surface area contributed by atoms with Gasteiger partial charge in [0.05, 0.1) is 6.07 Å². The van der Waals surface area contributed by atoms with Gasteiger partial charge in [-0.25, -0.2) is 0 Å². The van der Waals surface area contributed by atoms with E-state index in [4.69, 9.17) is 4.74 Å². The molecule has 1 aromatic rings. The zero-order valence-corrected chi connectivity index (χ0v) is 7.28. The molecule has 0 radical (unpaired) electrons. The lowest BCUT2D eigenvalue weighted by Crippen LogP contribution is -2.31. The molecule has 3 nitrogen and oxygen atoms in total. The number of aromatic nitrogens is 1. The van der Waals surface area contributed by atoms with Crippen molar-refractivity contribution in [1.29, 1.82) is 0 Å². The number of nitrogens with zero attached hydrogens (tertiary/aromatic N) is 1. The highest BCUT2D eigenvalue weighted by molar-refractivity contribution is 5.71. The summed E-state index contributed by atoms with van der Waals surface area (Å²) in [4.78, 5) is 10.9. The molecular weight excluding hydrogens is 154 g/mol. The van der Waals surface area contributed by atoms with Gasteiger partial charge in [0.25, 0.3) is 0 Å². The van der Waals surface area contributed by atoms with Crippen molar-refractivity contribution < 1.29 is 14.1 Å². The van der Waals surface area contributed by atoms with Crippen LogP contribution >= 0.6 is 0 Å². The number of ether oxygens (including phenoxy) is 1. The summed E-state index contributed by atoms with van der Waals surface area (Å²) in [5.74, 6) is 0.362. The first-order chi connectivity index (χ1) is 5.74. The van der Waals surface area contributed by atoms with Crippen LogP contribution in [0.1, 0.15) is 13.3 Å². The Hall–Kier alpha value is -1.38. The second-order valence-corrected chi connectivity index (χ2v) is 2.48. The minimum absolute atomic E-state index is 0.211. The van der Waals surface area contributed by atoms with Gasteiger partial charge >= 0.3 is 11.8 Å². The second-order valence-electron chi connectivity index (χ2n) is 2.48. The van der Waals surface area contributed by atoms with Gasteiger partial charge in [0, 0.05) is 12.5 Å². The first-order valence-electron chi connectivity index (χ1n) is 3.89. The molecule has 64 valence electrons. The van der Waals surface area contributed by atoms with Gasteiger partial charge in [-0.2, -0.15) is 4.57 Å². The molecule has 0 amide bonds. The van der Waals surface area contributed by atoms with Gasteiger partial charge in [0.15, 0.2) is 6.20 Å². The Morgan fingerprint density at radius 3 is 2.92 bits per heavy atom. The predicted octanol–water partition coefficient (Wildman–Crippen LogP) is 0.826. The molecule has 0 saturated heterocycles. The smallest absolute Gasteiger partial charge is 0.371 e. The van der Waals surface area contributed by atoms with Crippen molar-refractivity contribution in [3.63, 3.8) is 0 Å². The average Bonchev–Trinajstić information content (AvgIpc) is 2.09. The fourth-order valence-corrected chi connectivity index (χ4v) is 0.803. The lowest BCUT2D eigenvalue weighted by molar-refractivity contribution is -0.675. The Morgan fingerprint density at radius 2 is 2.33 bits per heavy atom. The molecule has 0 bridgehead atoms. The minimum Gasteiger partial charge on any atom is -0.371 e. The van der Waals surface area contributed by atoms with Crippen LogP contribution in [0.5, 0.6) is 5.88 Å². The third kappa shape index (κ3) is 2.05. The SMILES string of the molecule is CCC(=O)Oc1cccc[n+]1C. The summed E-state index contributed by atoms with van der Waals surface area (Å²) in [6.45, 7) is 1.77. The third-order valence-corrected chi connectivity index (χ3v) is 1.51. The third-order valence-electron chi connectivity index (χ3n) is 1.51. The Kier molecular flexibility index (Phi) is 2.80. The number of carbonyl (C=O) groups excluding carboxylic acids is 1. The van der Waals surface area contributed by atoms with E-state index in [1.54, 1.807) is 17.6 Å². The summed E-state index contributed by atoms with van der Waals surface area (Å²) in [6.07, 6.45) is 2.23. The molecule has 12 heavy (non-hydrogen) atoms. The summed E-state index contributed by atoms with van der Waals surface area (Å²) in [7, 11) is 1.83. The van der Waals surface area contributed by atoms with Gasteiger partial charge < -0.3 is 4.74 Å². The summed E-state index contributed by atoms with van der Waals surface area (Å²) >= 11 is 0. The molecule has 0 aromatic carbocycles. The monoisotopic (exact) mass is 166 g/mol. The van der Waals surface area contributed by atoms with Crippen LogP contribution in [0.15, 0.2) is 24.4 Å². The standard InChI is InChI=1S/C9H12NO2/c1-3-9(11)12-8-6-4-5-7-10(8)2/h4-7H,3H2,1-2H3/q+1. The quantitative estimate of drug-likeness (QED) is 0.481. The van der Waals surface area contributed by atoms with E-state index in [-0.39, 0.29) is 5.97 Å². The van der Waals surface area contributed by atoms with E-state index in [1.165, 1.54) is 0 Å². The zero-order chi connectivity index (χ0) is 8.97. The topological polar surface area (TPSA) is 30.2 Å². The van der Waals surface area contributed by atoms with E-state index >= 15 is 0 Å². The van der Waals surface area contributed by atoms with E-state index in [9.17, 15) is 4.79 Å². The first-order valence-corrected chi connectivity index (χ1v) is 3.89. The largest absolute Gasteiger partial charge is 0.375 e. The van der Waals surface area contributed by atoms with Gasteiger partial charge in [-0.15, -0.1) is 0 Å². The lowest BCUT2D eigenvalue weighted by atomic mass is 10.4. The van der Waals surface area contributed by atoms with Crippen LogP contribution in [0.2, 0.25) is 0 Å². The van der Waals surface area contributed by atoms with Crippen molar-refractivity contribution in [2.45, 2.75) is 13.3 Å². The first kappa shape index (κ1) is 8.71. The maximum Gasteiger partial charge on any atom is 0.375 e. The highest BCUT2D eigenvalue weighted by Crippen LogP contribution is 2.01. The fraction of sp³-hybridized carbons (Fsp3) is 0.333. The summed E-state index contributed by atoms with van der Waals surface area (Å²) in [5, 5.41) is 0. The molecule has 0 fully saturated rings. The molecule has 0 aliphatic carbocycles. The molecule has 3 heteroatoms. The minimum atomic E-state index is -0.211. The van der Waals surface area contributed by atoms with Crippen LogP contribution in [-0.2, 0) is 11.8 Å². The van der Waals surface area contributed by atoms with Crippen molar-refractivity contribution in [3.05, 3.63) is 24.4 Å². The van der Waals surface area contributed by atoms with E-state index in [0.29, 0.717) is 12.3 Å². The van der Waals surface area contributed by atoms with Crippen molar-refractivity contribution in [2.24, 2.45) is 7.05 Å². The molecule has 1 heterocycles. The number of esters is 1. The maximum absolute atomic E-state index is 10.9. The van der Waals surface area contributed by atoms with E-state index in [0.717, 1.165) is 0 Å². The van der Waals surface area contributed by atoms with Crippen molar-refractivity contribution >= 4 is 5.97 Å². The Morgan fingerprint density at radius 1 is 1.58 bits per heavy atom. The van der Waals surface area contributed by atoms with Gasteiger partial charge in [-0.1, -0.05) is 6.92 Å². The van der Waals surface area contributed by atoms with Gasteiger partial charge in [-0.05, 0) is 6.07 Å². The molecule has 1 aromatic heterocycles. The average molecular weight is 166 g/mol. The van der Waals surface area contributed by atoms with Crippen LogP contribution < -0.4 is 9.30 Å². The van der Waals surface area contributed by atoms with E-state index in [1.807, 2.05) is 25.4 Å². The van der Waals surface area contributed by atoms with Crippen molar-refractivity contribution in [2.75, 3.05) is 0 Å². The summed E-state index contributed by atoms with van der Waals surface area (Å²) in [6, 6.07) is 5.47. The van der Waals surface area contributed by atoms with Crippen molar-refractivity contribution in [1.82, 2.24) is 0 Å². The van der Waals surface area contributed by atoms with Crippen LogP contribution in [0.4, 0.5) is 0 Å². The van der Waals surface area contributed by atoms with Gasteiger partial charge in [0.1, 0.15) is 7.05 Å². The zero-order valence-electron chi connectivity index (χ0n) is 7.28. The van der Waals surface area contributed by atoms with Gasteiger partial charge in [-0.3, -0.25) is 4.79 Å². The number of hydrogen-bond acceptors (Lipinski definition) is 2. The molecule has 0 saturated carbocycles. The second kappa shape index (κ2) is 3.85. The highest BCUT2D eigenvalue weighted by Gasteiger charge is 2.09. The predicted molar refractivity (Wildman–Crippen MR) is 43.5 cm³/mol. The molecule has 0 aliphatic heterocycles. The molecule has 1 rings (SSSR count). The molecule has 0 N–H and O–H groups in total. The molecule has 0 aliphatic rings. The number of pyridine rings is 1. The molecule has 0 atom stereocenters. The summed E-state index contributed by atoms with van der Waals surface area (Å²) in [5.41, 5.74) is 0. The van der Waals surface area contributed by atoms with E-state index < -0.39 is 0 Å². The van der Waals surface area contributed by atoms with Gasteiger partial charge in [0.2, 0.25) is 0 Å². The Bertz CT molecular complexity index is 284. The maximum atomic E-state index is 10.9. The highest BCUT2D eigenvalue weighted by atomic mass is 16.5. The molecule has 0 spiro atoms. The van der Waals surface area contributed by atoms with Crippen LogP contribution in [0.3, 0.4) is 0 Å². The molecule has 0 unspecified atom stereocenters. The Labute approximate surface area is 71.6 Å². The van der Waals surface area contributed by atoms with E-state index in [2.05, 4.69) is 0 Å². The number of hydrogen-bond donors (Lipinski definition) is 0. The van der Waals surface area contributed by atoms with Crippen molar-refractivity contribution in [3.8, 4) is 5.88 Å². The Balaban J connectivity index is 2.75. The van der Waals surface area contributed by atoms with Crippen LogP contribution in [-0.4, -0.2) is 5.97 Å². The van der Waals surface area contributed by atoms with Crippen LogP contribution in [0, 0.1) is 0 Å².